The number of hydrogen-bond acceptors (Lipinski definition) is 2. The molecule has 0 amide bonds. The van der Waals surface area contributed by atoms with Crippen molar-refractivity contribution in [2.24, 2.45) is 0 Å². The number of rotatable bonds is 4. The summed E-state index contributed by atoms with van der Waals surface area (Å²) < 4.78 is 15.0. The van der Waals surface area contributed by atoms with Crippen LogP contribution < -0.4 is 5.46 Å². The summed E-state index contributed by atoms with van der Waals surface area (Å²) in [5.41, 5.74) is 8.57. The van der Waals surface area contributed by atoms with Gasteiger partial charge < -0.3 is 13.9 Å². The van der Waals surface area contributed by atoms with Crippen LogP contribution in [0.25, 0.3) is 49.7 Å². The number of hydrogen-bond donors (Lipinski definition) is 0. The van der Waals surface area contributed by atoms with Crippen LogP contribution >= 0.6 is 0 Å². The lowest BCUT2D eigenvalue weighted by molar-refractivity contribution is 0.00578. The van der Waals surface area contributed by atoms with Crippen LogP contribution in [0.4, 0.5) is 0 Å². The molecule has 0 N–H and O–H groups in total. The molecule has 0 radical (unpaired) electrons. The Kier molecular flexibility index (Phi) is 5.74. The molecule has 3 nitrogen and oxygen atoms in total. The maximum atomic E-state index is 6.32. The van der Waals surface area contributed by atoms with E-state index in [0.717, 1.165) is 22.3 Å². The van der Waals surface area contributed by atoms with Crippen LogP contribution in [0.15, 0.2) is 121 Å². The third-order valence-corrected chi connectivity index (χ3v) is 8.63. The molecule has 6 aromatic rings. The van der Waals surface area contributed by atoms with Gasteiger partial charge in [-0.3, -0.25) is 0 Å². The van der Waals surface area contributed by atoms with E-state index in [1.807, 2.05) is 0 Å². The van der Waals surface area contributed by atoms with Crippen LogP contribution in [0.3, 0.4) is 0 Å². The Morgan fingerprint density at radius 2 is 0.975 bits per heavy atom. The first-order valence-electron chi connectivity index (χ1n) is 14.0. The minimum Gasteiger partial charge on any atom is -0.399 e. The van der Waals surface area contributed by atoms with E-state index in [1.54, 1.807) is 0 Å². The molecule has 0 spiro atoms. The number of nitrogens with zero attached hydrogens (tertiary/aromatic N) is 1. The highest BCUT2D eigenvalue weighted by atomic mass is 16.7. The van der Waals surface area contributed by atoms with Gasteiger partial charge >= 0.3 is 7.12 Å². The lowest BCUT2D eigenvalue weighted by Gasteiger charge is -2.32. The Balaban J connectivity index is 1.26. The number of para-hydroxylation sites is 2. The van der Waals surface area contributed by atoms with Crippen molar-refractivity contribution in [2.75, 3.05) is 0 Å². The van der Waals surface area contributed by atoms with Crippen molar-refractivity contribution in [1.82, 2.24) is 4.57 Å². The zero-order valence-corrected chi connectivity index (χ0v) is 23.4. The fourth-order valence-electron chi connectivity index (χ4n) is 5.75. The van der Waals surface area contributed by atoms with Gasteiger partial charge in [0, 0.05) is 16.5 Å². The largest absolute Gasteiger partial charge is 0.494 e. The summed E-state index contributed by atoms with van der Waals surface area (Å²) in [4.78, 5) is 0. The Labute approximate surface area is 236 Å². The summed E-state index contributed by atoms with van der Waals surface area (Å²) in [6, 6.07) is 43.4. The van der Waals surface area contributed by atoms with Crippen molar-refractivity contribution in [3.05, 3.63) is 121 Å². The highest BCUT2D eigenvalue weighted by Gasteiger charge is 2.51. The van der Waals surface area contributed by atoms with E-state index < -0.39 is 0 Å². The summed E-state index contributed by atoms with van der Waals surface area (Å²) in [5, 5.41) is 2.54. The molecular formula is C36H32BNO2. The maximum Gasteiger partial charge on any atom is 0.494 e. The molecule has 1 aliphatic rings. The first-order chi connectivity index (χ1) is 19.3. The fourth-order valence-corrected chi connectivity index (χ4v) is 5.75. The number of aromatic nitrogens is 1. The Hall–Kier alpha value is -4.12. The van der Waals surface area contributed by atoms with Crippen LogP contribution in [0.5, 0.6) is 0 Å². The first-order valence-corrected chi connectivity index (χ1v) is 14.0. The fraction of sp³-hybridized carbons (Fsp3) is 0.167. The Bertz CT molecular complexity index is 1810. The predicted molar refractivity (Wildman–Crippen MR) is 167 cm³/mol. The number of fused-ring (bicyclic) bond motifs is 3. The summed E-state index contributed by atoms with van der Waals surface area (Å²) in [5.74, 6) is 0. The zero-order valence-electron chi connectivity index (χ0n) is 23.4. The molecule has 40 heavy (non-hydrogen) atoms. The molecule has 0 saturated carbocycles. The van der Waals surface area contributed by atoms with Crippen molar-refractivity contribution in [3.8, 4) is 27.9 Å². The van der Waals surface area contributed by atoms with E-state index in [-0.39, 0.29) is 18.3 Å². The summed E-state index contributed by atoms with van der Waals surface area (Å²) >= 11 is 0. The van der Waals surface area contributed by atoms with Crippen molar-refractivity contribution < 1.29 is 9.31 Å². The molecule has 0 atom stereocenters. The molecule has 4 heteroatoms. The van der Waals surface area contributed by atoms with Crippen molar-refractivity contribution in [2.45, 2.75) is 38.9 Å². The molecule has 0 aliphatic carbocycles. The summed E-state index contributed by atoms with van der Waals surface area (Å²) in [6.45, 7) is 8.36. The summed E-state index contributed by atoms with van der Waals surface area (Å²) in [6.07, 6.45) is 0. The first kappa shape index (κ1) is 24.9. The minimum atomic E-state index is -0.379. The molecule has 196 valence electrons. The molecule has 1 aromatic heterocycles. The normalized spacial score (nSPS) is 16.1. The molecule has 2 heterocycles. The van der Waals surface area contributed by atoms with Gasteiger partial charge in [-0.05, 0) is 85.7 Å². The molecule has 1 aliphatic heterocycles. The lowest BCUT2D eigenvalue weighted by atomic mass is 9.78. The molecular weight excluding hydrogens is 489 g/mol. The van der Waals surface area contributed by atoms with Crippen LogP contribution in [-0.4, -0.2) is 22.9 Å². The molecule has 0 unspecified atom stereocenters. The van der Waals surface area contributed by atoms with Gasteiger partial charge in [0.15, 0.2) is 0 Å². The predicted octanol–water partition coefficient (Wildman–Crippen LogP) is 8.42. The SMILES string of the molecule is CC1(C)OB(c2cccc(-c3cccc(-c4cccc(-n5c6ccccc6c6ccccc65)c4)c3)c2)OC1(C)C. The van der Waals surface area contributed by atoms with Gasteiger partial charge in [-0.15, -0.1) is 0 Å². The summed E-state index contributed by atoms with van der Waals surface area (Å²) in [7, 11) is -0.379. The minimum absolute atomic E-state index is 0.366. The highest BCUT2D eigenvalue weighted by Crippen LogP contribution is 2.37. The second kappa shape index (κ2) is 9.23. The van der Waals surface area contributed by atoms with Crippen molar-refractivity contribution in [1.29, 1.82) is 0 Å². The van der Waals surface area contributed by atoms with Crippen LogP contribution in [0, 0.1) is 0 Å². The highest BCUT2D eigenvalue weighted by molar-refractivity contribution is 6.62. The van der Waals surface area contributed by atoms with E-state index in [1.165, 1.54) is 32.9 Å². The third-order valence-electron chi connectivity index (χ3n) is 8.63. The van der Waals surface area contributed by atoms with E-state index in [9.17, 15) is 0 Å². The maximum absolute atomic E-state index is 6.32. The lowest BCUT2D eigenvalue weighted by Crippen LogP contribution is -2.41. The Morgan fingerprint density at radius 3 is 1.57 bits per heavy atom. The molecule has 5 aromatic carbocycles. The number of benzene rings is 5. The van der Waals surface area contributed by atoms with Gasteiger partial charge in [-0.2, -0.15) is 0 Å². The smallest absolute Gasteiger partial charge is 0.399 e. The quantitative estimate of drug-likeness (QED) is 0.218. The van der Waals surface area contributed by atoms with Gasteiger partial charge in [0.1, 0.15) is 0 Å². The molecule has 1 fully saturated rings. The van der Waals surface area contributed by atoms with Crippen molar-refractivity contribution >= 4 is 34.4 Å². The molecule has 0 bridgehead atoms. The zero-order chi connectivity index (χ0) is 27.5. The van der Waals surface area contributed by atoms with E-state index in [4.69, 9.17) is 9.31 Å². The van der Waals surface area contributed by atoms with Crippen LogP contribution in [0.2, 0.25) is 0 Å². The van der Waals surface area contributed by atoms with Crippen LogP contribution in [0.1, 0.15) is 27.7 Å². The van der Waals surface area contributed by atoms with Gasteiger partial charge in [0.2, 0.25) is 0 Å². The third kappa shape index (κ3) is 4.07. The second-order valence-corrected chi connectivity index (χ2v) is 11.7. The average Bonchev–Trinajstić information content (AvgIpc) is 3.42. The Morgan fingerprint density at radius 1 is 0.500 bits per heavy atom. The van der Waals surface area contributed by atoms with E-state index >= 15 is 0 Å². The average molecular weight is 521 g/mol. The van der Waals surface area contributed by atoms with Gasteiger partial charge in [-0.25, -0.2) is 0 Å². The van der Waals surface area contributed by atoms with Crippen molar-refractivity contribution in [3.63, 3.8) is 0 Å². The van der Waals surface area contributed by atoms with Gasteiger partial charge in [0.25, 0.3) is 0 Å². The van der Waals surface area contributed by atoms with Gasteiger partial charge in [-0.1, -0.05) is 91.0 Å². The van der Waals surface area contributed by atoms with E-state index in [2.05, 4.69) is 154 Å². The standard InChI is InChI=1S/C36H32BNO2/c1-35(2)36(3,4)40-37(39-35)29-16-10-14-27(23-29)25-12-9-13-26(22-25)28-15-11-17-30(24-28)38-33-20-7-5-18-31(33)32-19-6-8-21-34(32)38/h5-24H,1-4H3. The van der Waals surface area contributed by atoms with Gasteiger partial charge in [0.05, 0.1) is 22.2 Å². The van der Waals surface area contributed by atoms with E-state index in [0.29, 0.717) is 0 Å². The second-order valence-electron chi connectivity index (χ2n) is 11.7. The molecule has 1 saturated heterocycles. The molecule has 7 rings (SSSR count). The topological polar surface area (TPSA) is 23.4 Å². The van der Waals surface area contributed by atoms with Crippen LogP contribution in [-0.2, 0) is 9.31 Å². The monoisotopic (exact) mass is 521 g/mol.